The Morgan fingerprint density at radius 2 is 1.86 bits per heavy atom. The van der Waals surface area contributed by atoms with Gasteiger partial charge in [-0.05, 0) is 56.7 Å². The van der Waals surface area contributed by atoms with Gasteiger partial charge in [0.25, 0.3) is 5.56 Å². The average molecular weight is 506 g/mol. The molecule has 0 unspecified atom stereocenters. The molecule has 2 fully saturated rings. The molecule has 0 spiro atoms. The van der Waals surface area contributed by atoms with Gasteiger partial charge in [-0.2, -0.15) is 4.98 Å². The number of pyridine rings is 1. The van der Waals surface area contributed by atoms with Crippen molar-refractivity contribution >= 4 is 17.7 Å². The van der Waals surface area contributed by atoms with Crippen molar-refractivity contribution in [3.05, 3.63) is 68.1 Å². The Labute approximate surface area is 213 Å². The van der Waals surface area contributed by atoms with E-state index in [9.17, 15) is 4.79 Å². The fourth-order valence-corrected chi connectivity index (χ4v) is 5.11. The van der Waals surface area contributed by atoms with Crippen LogP contribution in [0.2, 0.25) is 5.02 Å². The third-order valence-electron chi connectivity index (χ3n) is 6.86. The van der Waals surface area contributed by atoms with Crippen molar-refractivity contribution in [3.63, 3.8) is 0 Å². The summed E-state index contributed by atoms with van der Waals surface area (Å²) in [5.41, 5.74) is 2.67. The number of nitrogens with zero attached hydrogens (tertiary/aromatic N) is 4. The normalized spacial score (nSPS) is 18.3. The quantitative estimate of drug-likeness (QED) is 0.568. The first-order valence-corrected chi connectivity index (χ1v) is 12.9. The van der Waals surface area contributed by atoms with E-state index in [1.54, 1.807) is 13.0 Å². The fourth-order valence-electron chi connectivity index (χ4n) is 4.83. The standard InChI is InChI=1S/C27H28ClN5O3/c1-16-29-25(32-36-16)17-6-9-21(23(28)15-17)22-14-18-4-2-3-5-24(30-19-10-12-35-13-11-19)31-26(18)33(27(22)34)20-7-8-20/h4-6,9,14-15,19-20,30H,2-3,7-8,10-13H2,1H3. The van der Waals surface area contributed by atoms with Crippen molar-refractivity contribution in [2.75, 3.05) is 13.2 Å². The van der Waals surface area contributed by atoms with Crippen LogP contribution in [0.1, 0.15) is 50.5 Å². The van der Waals surface area contributed by atoms with Gasteiger partial charge in [0.05, 0.1) is 0 Å². The zero-order chi connectivity index (χ0) is 24.6. The minimum absolute atomic E-state index is 0.0653. The first-order valence-electron chi connectivity index (χ1n) is 12.6. The molecule has 0 atom stereocenters. The van der Waals surface area contributed by atoms with Crippen molar-refractivity contribution in [2.24, 2.45) is 4.99 Å². The summed E-state index contributed by atoms with van der Waals surface area (Å²) < 4.78 is 12.5. The summed E-state index contributed by atoms with van der Waals surface area (Å²) in [5, 5.41) is 9.00. The molecular weight excluding hydrogens is 478 g/mol. The summed E-state index contributed by atoms with van der Waals surface area (Å²) in [4.78, 5) is 23.1. The molecule has 2 aliphatic heterocycles. The molecule has 0 bridgehead atoms. The highest BCUT2D eigenvalue weighted by Crippen LogP contribution is 2.34. The van der Waals surface area contributed by atoms with Crippen molar-refractivity contribution in [1.29, 1.82) is 0 Å². The van der Waals surface area contributed by atoms with E-state index in [-0.39, 0.29) is 11.6 Å². The van der Waals surface area contributed by atoms with Crippen LogP contribution in [-0.2, 0) is 4.74 Å². The Hall–Kier alpha value is -3.23. The van der Waals surface area contributed by atoms with Crippen LogP contribution >= 0.6 is 11.6 Å². The molecule has 1 aliphatic carbocycles. The molecule has 4 heterocycles. The zero-order valence-electron chi connectivity index (χ0n) is 20.2. The SMILES string of the molecule is Cc1nc(-c2ccc(-c3cc4c(n(C5CC5)c3=O)=NC(NC3CCOCC3)=CCCC=4)c(Cl)c2)no1. The van der Waals surface area contributed by atoms with Gasteiger partial charge < -0.3 is 14.6 Å². The van der Waals surface area contributed by atoms with E-state index in [4.69, 9.17) is 25.9 Å². The van der Waals surface area contributed by atoms with Crippen LogP contribution in [0.3, 0.4) is 0 Å². The van der Waals surface area contributed by atoms with E-state index in [2.05, 4.69) is 27.6 Å². The minimum Gasteiger partial charge on any atom is -0.381 e. The Balaban J connectivity index is 1.45. The third-order valence-corrected chi connectivity index (χ3v) is 7.17. The Morgan fingerprint density at radius 3 is 2.58 bits per heavy atom. The second-order valence-electron chi connectivity index (χ2n) is 9.59. The fraction of sp³-hybridized carbons (Fsp3) is 0.407. The lowest BCUT2D eigenvalue weighted by Gasteiger charge is -2.24. The Bertz CT molecular complexity index is 1510. The number of fused-ring (bicyclic) bond motifs is 1. The zero-order valence-corrected chi connectivity index (χ0v) is 20.9. The second kappa shape index (κ2) is 9.67. The molecule has 36 heavy (non-hydrogen) atoms. The largest absolute Gasteiger partial charge is 0.381 e. The van der Waals surface area contributed by atoms with E-state index < -0.39 is 0 Å². The molecule has 2 aromatic heterocycles. The number of benzene rings is 1. The van der Waals surface area contributed by atoms with Crippen molar-refractivity contribution in [1.82, 2.24) is 20.0 Å². The molecule has 9 heteroatoms. The van der Waals surface area contributed by atoms with Gasteiger partial charge in [0.2, 0.25) is 11.7 Å². The molecule has 3 aliphatic rings. The molecule has 0 radical (unpaired) electrons. The van der Waals surface area contributed by atoms with Gasteiger partial charge >= 0.3 is 0 Å². The van der Waals surface area contributed by atoms with E-state index in [1.807, 2.05) is 22.8 Å². The molecule has 8 nitrogen and oxygen atoms in total. The number of halogens is 1. The van der Waals surface area contributed by atoms with Crippen molar-refractivity contribution in [2.45, 2.75) is 57.5 Å². The predicted molar refractivity (Wildman–Crippen MR) is 137 cm³/mol. The van der Waals surface area contributed by atoms with Crippen LogP contribution in [0.15, 0.2) is 50.5 Å². The van der Waals surface area contributed by atoms with Gasteiger partial charge in [-0.1, -0.05) is 35.0 Å². The van der Waals surface area contributed by atoms with Gasteiger partial charge in [0.15, 0.2) is 0 Å². The molecule has 1 saturated heterocycles. The predicted octanol–water partition coefficient (Wildman–Crippen LogP) is 3.67. The number of hydrogen-bond donors (Lipinski definition) is 1. The molecule has 0 amide bonds. The molecule has 1 N–H and O–H groups in total. The number of allylic oxidation sites excluding steroid dienone is 1. The lowest BCUT2D eigenvalue weighted by Crippen LogP contribution is -2.45. The van der Waals surface area contributed by atoms with Gasteiger partial charge in [-0.25, -0.2) is 4.99 Å². The monoisotopic (exact) mass is 505 g/mol. The first kappa shape index (κ1) is 23.2. The summed E-state index contributed by atoms with van der Waals surface area (Å²) in [5.74, 6) is 1.80. The van der Waals surface area contributed by atoms with E-state index in [1.165, 1.54) is 0 Å². The first-order chi connectivity index (χ1) is 17.6. The Morgan fingerprint density at radius 1 is 1.06 bits per heavy atom. The summed E-state index contributed by atoms with van der Waals surface area (Å²) in [6.45, 7) is 3.26. The van der Waals surface area contributed by atoms with Crippen molar-refractivity contribution < 1.29 is 9.26 Å². The maximum Gasteiger partial charge on any atom is 0.260 e. The number of hydrogen-bond acceptors (Lipinski definition) is 7. The molecule has 1 aromatic carbocycles. The highest BCUT2D eigenvalue weighted by Gasteiger charge is 2.28. The number of nitrogens with one attached hydrogen (secondary N) is 1. The van der Waals surface area contributed by atoms with Crippen LogP contribution < -0.4 is 21.6 Å². The summed E-state index contributed by atoms with van der Waals surface area (Å²) in [6, 6.07) is 7.95. The van der Waals surface area contributed by atoms with E-state index in [0.717, 1.165) is 73.8 Å². The molecule has 186 valence electrons. The summed E-state index contributed by atoms with van der Waals surface area (Å²) >= 11 is 6.72. The van der Waals surface area contributed by atoms with E-state index >= 15 is 0 Å². The van der Waals surface area contributed by atoms with Gasteiger partial charge in [-0.15, -0.1) is 0 Å². The van der Waals surface area contributed by atoms with E-state index in [0.29, 0.717) is 33.9 Å². The molecule has 6 rings (SSSR count). The third kappa shape index (κ3) is 4.63. The average Bonchev–Trinajstić information content (AvgIpc) is 3.61. The highest BCUT2D eigenvalue weighted by atomic mass is 35.5. The van der Waals surface area contributed by atoms with Crippen molar-refractivity contribution in [3.8, 4) is 22.5 Å². The smallest absolute Gasteiger partial charge is 0.260 e. The van der Waals surface area contributed by atoms with Gasteiger partial charge in [-0.3, -0.25) is 9.36 Å². The van der Waals surface area contributed by atoms with Gasteiger partial charge in [0.1, 0.15) is 11.3 Å². The number of rotatable bonds is 5. The molecular formula is C27H28ClN5O3. The van der Waals surface area contributed by atoms with Crippen LogP contribution in [-0.4, -0.2) is 34.0 Å². The van der Waals surface area contributed by atoms with Gasteiger partial charge in [0, 0.05) is 59.2 Å². The second-order valence-corrected chi connectivity index (χ2v) is 10.00. The topological polar surface area (TPSA) is 94.5 Å². The van der Waals surface area contributed by atoms with Crippen LogP contribution in [0.5, 0.6) is 0 Å². The van der Waals surface area contributed by atoms with Crippen LogP contribution in [0.25, 0.3) is 28.6 Å². The number of aromatic nitrogens is 3. The number of ether oxygens (including phenoxy) is 1. The number of aryl methyl sites for hydroxylation is 1. The minimum atomic E-state index is -0.0653. The Kier molecular flexibility index (Phi) is 6.23. The maximum absolute atomic E-state index is 13.9. The molecule has 3 aromatic rings. The molecule has 1 saturated carbocycles. The summed E-state index contributed by atoms with van der Waals surface area (Å²) in [6.07, 6.45) is 9.92. The summed E-state index contributed by atoms with van der Waals surface area (Å²) in [7, 11) is 0. The highest BCUT2D eigenvalue weighted by molar-refractivity contribution is 6.33. The maximum atomic E-state index is 13.9. The lowest BCUT2D eigenvalue weighted by molar-refractivity contribution is 0.0802. The lowest BCUT2D eigenvalue weighted by atomic mass is 10.0. The van der Waals surface area contributed by atoms with Crippen LogP contribution in [0, 0.1) is 6.92 Å². The van der Waals surface area contributed by atoms with Crippen LogP contribution in [0.4, 0.5) is 0 Å².